The highest BCUT2D eigenvalue weighted by atomic mass is 35.5. The summed E-state index contributed by atoms with van der Waals surface area (Å²) in [6.07, 6.45) is 0.948. The van der Waals surface area contributed by atoms with Crippen molar-refractivity contribution in [2.75, 3.05) is 33.9 Å². The van der Waals surface area contributed by atoms with Crippen molar-refractivity contribution in [3.8, 4) is 11.5 Å². The fourth-order valence-corrected chi connectivity index (χ4v) is 3.64. The standard InChI is InChI=1S/C23H28ClN3O4/c1-4-19(17-6-8-18(24)9-7-17)25-14-16-5-10-20(21(13-16)30-3)31-12-11-27-22(28)15-26(2)23(27)29/h5-10,13,19,25H,4,11-12,14-15H2,1-3H3. The summed E-state index contributed by atoms with van der Waals surface area (Å²) in [5.74, 6) is 0.967. The molecule has 1 saturated heterocycles. The quantitative estimate of drug-likeness (QED) is 0.562. The normalized spacial score (nSPS) is 14.8. The Hall–Kier alpha value is -2.77. The van der Waals surface area contributed by atoms with Crippen LogP contribution in [0.3, 0.4) is 0 Å². The lowest BCUT2D eigenvalue weighted by molar-refractivity contribution is -0.125. The van der Waals surface area contributed by atoms with E-state index in [0.717, 1.165) is 17.0 Å². The first-order chi connectivity index (χ1) is 14.9. The molecule has 1 heterocycles. The zero-order chi connectivity index (χ0) is 22.4. The summed E-state index contributed by atoms with van der Waals surface area (Å²) in [4.78, 5) is 26.4. The van der Waals surface area contributed by atoms with Crippen LogP contribution < -0.4 is 14.8 Å². The van der Waals surface area contributed by atoms with Gasteiger partial charge in [-0.15, -0.1) is 0 Å². The molecule has 0 spiro atoms. The van der Waals surface area contributed by atoms with Gasteiger partial charge in [0.2, 0.25) is 5.91 Å². The third kappa shape index (κ3) is 5.68. The summed E-state index contributed by atoms with van der Waals surface area (Å²) >= 11 is 5.99. The maximum Gasteiger partial charge on any atom is 0.327 e. The van der Waals surface area contributed by atoms with Gasteiger partial charge in [-0.25, -0.2) is 4.79 Å². The number of methoxy groups -OCH3 is 1. The summed E-state index contributed by atoms with van der Waals surface area (Å²) < 4.78 is 11.3. The number of nitrogens with zero attached hydrogens (tertiary/aromatic N) is 2. The number of urea groups is 1. The molecule has 0 aliphatic carbocycles. The molecule has 1 atom stereocenters. The maximum atomic E-state index is 11.9. The SMILES string of the molecule is CCC(NCc1ccc(OCCN2C(=O)CN(C)C2=O)c(OC)c1)c1ccc(Cl)cc1. The Bertz CT molecular complexity index is 920. The number of likely N-dealkylation sites (N-methyl/N-ethyl adjacent to an activating group) is 1. The number of ether oxygens (including phenoxy) is 2. The number of hydrogen-bond acceptors (Lipinski definition) is 5. The molecule has 7 nitrogen and oxygen atoms in total. The zero-order valence-corrected chi connectivity index (χ0v) is 18.8. The number of benzene rings is 2. The zero-order valence-electron chi connectivity index (χ0n) is 18.1. The van der Waals surface area contributed by atoms with E-state index in [1.54, 1.807) is 14.2 Å². The summed E-state index contributed by atoms with van der Waals surface area (Å²) in [6.45, 7) is 3.32. The molecule has 3 amide bonds. The minimum absolute atomic E-state index is 0.110. The Balaban J connectivity index is 1.57. The van der Waals surface area contributed by atoms with Crippen molar-refractivity contribution in [3.63, 3.8) is 0 Å². The van der Waals surface area contributed by atoms with Gasteiger partial charge in [0.25, 0.3) is 0 Å². The predicted octanol–water partition coefficient (Wildman–Crippen LogP) is 3.86. The first-order valence-corrected chi connectivity index (χ1v) is 10.6. The van der Waals surface area contributed by atoms with E-state index in [1.165, 1.54) is 15.4 Å². The molecule has 0 radical (unpaired) electrons. The largest absolute Gasteiger partial charge is 0.493 e. The summed E-state index contributed by atoms with van der Waals surface area (Å²) in [5, 5.41) is 4.29. The van der Waals surface area contributed by atoms with E-state index in [-0.39, 0.29) is 37.7 Å². The predicted molar refractivity (Wildman–Crippen MR) is 120 cm³/mol. The van der Waals surface area contributed by atoms with Gasteiger partial charge in [0, 0.05) is 24.7 Å². The Morgan fingerprint density at radius 2 is 1.87 bits per heavy atom. The summed E-state index contributed by atoms with van der Waals surface area (Å²) in [6, 6.07) is 13.5. The number of carbonyl (C=O) groups is 2. The van der Waals surface area contributed by atoms with Crippen LogP contribution in [-0.2, 0) is 11.3 Å². The second-order valence-corrected chi connectivity index (χ2v) is 7.85. The molecule has 166 valence electrons. The maximum absolute atomic E-state index is 11.9. The average molecular weight is 446 g/mol. The molecule has 31 heavy (non-hydrogen) atoms. The van der Waals surface area contributed by atoms with Crippen molar-refractivity contribution in [2.45, 2.75) is 25.9 Å². The third-order valence-corrected chi connectivity index (χ3v) is 5.52. The minimum Gasteiger partial charge on any atom is -0.493 e. The van der Waals surface area contributed by atoms with Crippen molar-refractivity contribution in [1.29, 1.82) is 0 Å². The monoisotopic (exact) mass is 445 g/mol. The fraction of sp³-hybridized carbons (Fsp3) is 0.391. The van der Waals surface area contributed by atoms with Gasteiger partial charge in [-0.1, -0.05) is 36.7 Å². The van der Waals surface area contributed by atoms with Crippen LogP contribution in [0.5, 0.6) is 11.5 Å². The van der Waals surface area contributed by atoms with Crippen LogP contribution in [-0.4, -0.2) is 55.6 Å². The highest BCUT2D eigenvalue weighted by molar-refractivity contribution is 6.30. The highest BCUT2D eigenvalue weighted by Crippen LogP contribution is 2.29. The molecule has 1 aliphatic rings. The Labute approximate surface area is 187 Å². The molecule has 1 unspecified atom stereocenters. The van der Waals surface area contributed by atoms with Crippen LogP contribution in [0.2, 0.25) is 5.02 Å². The average Bonchev–Trinajstić information content (AvgIpc) is 3.01. The van der Waals surface area contributed by atoms with Crippen molar-refractivity contribution in [3.05, 3.63) is 58.6 Å². The second kappa shape index (κ2) is 10.5. The van der Waals surface area contributed by atoms with Gasteiger partial charge in [-0.3, -0.25) is 9.69 Å². The molecular formula is C23H28ClN3O4. The molecule has 8 heteroatoms. The number of carbonyl (C=O) groups excluding carboxylic acids is 2. The lowest BCUT2D eigenvalue weighted by Crippen LogP contribution is -2.35. The van der Waals surface area contributed by atoms with Gasteiger partial charge < -0.3 is 19.7 Å². The van der Waals surface area contributed by atoms with Gasteiger partial charge in [0.15, 0.2) is 11.5 Å². The Morgan fingerprint density at radius 3 is 2.48 bits per heavy atom. The molecule has 1 N–H and O–H groups in total. The summed E-state index contributed by atoms with van der Waals surface area (Å²) in [7, 11) is 3.19. The molecule has 2 aromatic carbocycles. The van der Waals surface area contributed by atoms with Crippen LogP contribution >= 0.6 is 11.6 Å². The van der Waals surface area contributed by atoms with E-state index in [2.05, 4.69) is 12.2 Å². The number of amides is 3. The topological polar surface area (TPSA) is 71.1 Å². The van der Waals surface area contributed by atoms with Crippen LogP contribution in [0, 0.1) is 0 Å². The van der Waals surface area contributed by atoms with Gasteiger partial charge >= 0.3 is 6.03 Å². The number of halogens is 1. The Kier molecular flexibility index (Phi) is 7.76. The van der Waals surface area contributed by atoms with Crippen LogP contribution in [0.25, 0.3) is 0 Å². The molecule has 2 aromatic rings. The number of hydrogen-bond donors (Lipinski definition) is 1. The van der Waals surface area contributed by atoms with Crippen LogP contribution in [0.1, 0.15) is 30.5 Å². The van der Waals surface area contributed by atoms with E-state index in [0.29, 0.717) is 18.0 Å². The molecule has 0 saturated carbocycles. The summed E-state index contributed by atoms with van der Waals surface area (Å²) in [5.41, 5.74) is 2.25. The molecule has 3 rings (SSSR count). The first kappa shape index (κ1) is 22.9. The van der Waals surface area contributed by atoms with Gasteiger partial charge in [0.1, 0.15) is 13.2 Å². The number of nitrogens with one attached hydrogen (secondary N) is 1. The van der Waals surface area contributed by atoms with E-state index in [9.17, 15) is 9.59 Å². The molecule has 1 fully saturated rings. The Morgan fingerprint density at radius 1 is 1.13 bits per heavy atom. The smallest absolute Gasteiger partial charge is 0.327 e. The third-order valence-electron chi connectivity index (χ3n) is 5.26. The van der Waals surface area contributed by atoms with E-state index in [1.807, 2.05) is 42.5 Å². The molecular weight excluding hydrogens is 418 g/mol. The first-order valence-electron chi connectivity index (χ1n) is 10.3. The van der Waals surface area contributed by atoms with E-state index < -0.39 is 0 Å². The second-order valence-electron chi connectivity index (χ2n) is 7.41. The van der Waals surface area contributed by atoms with Crippen molar-refractivity contribution in [1.82, 2.24) is 15.1 Å². The molecule has 0 bridgehead atoms. The lowest BCUT2D eigenvalue weighted by atomic mass is 10.0. The number of rotatable bonds is 10. The van der Waals surface area contributed by atoms with Gasteiger partial charge in [-0.2, -0.15) is 0 Å². The fourth-order valence-electron chi connectivity index (χ4n) is 3.51. The molecule has 0 aromatic heterocycles. The van der Waals surface area contributed by atoms with Gasteiger partial charge in [-0.05, 0) is 41.8 Å². The highest BCUT2D eigenvalue weighted by Gasteiger charge is 2.33. The number of imide groups is 1. The van der Waals surface area contributed by atoms with Crippen molar-refractivity contribution < 1.29 is 19.1 Å². The molecule has 1 aliphatic heterocycles. The lowest BCUT2D eigenvalue weighted by Gasteiger charge is -2.19. The van der Waals surface area contributed by atoms with Crippen LogP contribution in [0.4, 0.5) is 4.79 Å². The van der Waals surface area contributed by atoms with Crippen molar-refractivity contribution in [2.24, 2.45) is 0 Å². The van der Waals surface area contributed by atoms with E-state index in [4.69, 9.17) is 21.1 Å². The van der Waals surface area contributed by atoms with Crippen LogP contribution in [0.15, 0.2) is 42.5 Å². The van der Waals surface area contributed by atoms with Crippen molar-refractivity contribution >= 4 is 23.5 Å². The van der Waals surface area contributed by atoms with Gasteiger partial charge in [0.05, 0.1) is 13.7 Å². The van der Waals surface area contributed by atoms with E-state index >= 15 is 0 Å². The minimum atomic E-state index is -0.298.